The van der Waals surface area contributed by atoms with Crippen molar-refractivity contribution in [3.63, 3.8) is 0 Å². The summed E-state index contributed by atoms with van der Waals surface area (Å²) in [6.45, 7) is 6.13. The Labute approximate surface area is 156 Å². The van der Waals surface area contributed by atoms with Crippen molar-refractivity contribution < 1.29 is 4.79 Å². The van der Waals surface area contributed by atoms with E-state index in [1.807, 2.05) is 0 Å². The highest BCUT2D eigenvalue weighted by Crippen LogP contribution is 2.33. The van der Waals surface area contributed by atoms with Gasteiger partial charge in [-0.2, -0.15) is 0 Å². The molecule has 0 aromatic carbocycles. The van der Waals surface area contributed by atoms with Crippen LogP contribution in [0.5, 0.6) is 0 Å². The average molecular weight is 357 g/mol. The number of amides is 1. The third kappa shape index (κ3) is 3.88. The number of carbonyl (C=O) groups is 1. The summed E-state index contributed by atoms with van der Waals surface area (Å²) in [6.07, 6.45) is 13.3. The lowest BCUT2D eigenvalue weighted by Gasteiger charge is -2.47. The van der Waals surface area contributed by atoms with Gasteiger partial charge in [0, 0.05) is 44.3 Å². The summed E-state index contributed by atoms with van der Waals surface area (Å²) in [4.78, 5) is 25.0. The largest absolute Gasteiger partial charge is 0.348 e. The zero-order chi connectivity index (χ0) is 17.9. The van der Waals surface area contributed by atoms with Crippen LogP contribution in [0.15, 0.2) is 18.0 Å². The molecule has 5 heteroatoms. The van der Waals surface area contributed by atoms with E-state index in [0.29, 0.717) is 17.9 Å². The smallest absolute Gasteiger partial charge is 0.222 e. The zero-order valence-electron chi connectivity index (χ0n) is 16.0. The van der Waals surface area contributed by atoms with E-state index in [4.69, 9.17) is 0 Å². The molecule has 2 saturated heterocycles. The number of nitrogens with zero attached hydrogens (tertiary/aromatic N) is 3. The number of aromatic nitrogens is 2. The summed E-state index contributed by atoms with van der Waals surface area (Å²) in [5.41, 5.74) is 3.92. The van der Waals surface area contributed by atoms with E-state index in [2.05, 4.69) is 32.8 Å². The molecule has 2 fully saturated rings. The number of allylic oxidation sites excluding steroid dienone is 1. The van der Waals surface area contributed by atoms with Gasteiger partial charge in [-0.3, -0.25) is 9.69 Å². The van der Waals surface area contributed by atoms with Crippen LogP contribution in [0.4, 0.5) is 0 Å². The number of aromatic amines is 1. The van der Waals surface area contributed by atoms with Crippen molar-refractivity contribution in [2.45, 2.75) is 70.9 Å². The maximum absolute atomic E-state index is 12.6. The van der Waals surface area contributed by atoms with Gasteiger partial charge in [0.05, 0.1) is 12.0 Å². The molecule has 3 heterocycles. The first-order chi connectivity index (χ1) is 12.7. The van der Waals surface area contributed by atoms with Gasteiger partial charge in [0.1, 0.15) is 0 Å². The van der Waals surface area contributed by atoms with E-state index >= 15 is 0 Å². The predicted octanol–water partition coefficient (Wildman–Crippen LogP) is 3.42. The molecular weight excluding hydrogens is 324 g/mol. The van der Waals surface area contributed by atoms with Crippen molar-refractivity contribution in [2.75, 3.05) is 19.6 Å². The Kier molecular flexibility index (Phi) is 5.44. The molecule has 1 aromatic rings. The van der Waals surface area contributed by atoms with Gasteiger partial charge in [-0.25, -0.2) is 4.98 Å². The van der Waals surface area contributed by atoms with Crippen molar-refractivity contribution in [2.24, 2.45) is 5.92 Å². The molecule has 1 aromatic heterocycles. The first kappa shape index (κ1) is 17.8. The number of hydrogen-bond donors (Lipinski definition) is 1. The number of fused-ring (bicyclic) bond motifs is 1. The zero-order valence-corrected chi connectivity index (χ0v) is 16.0. The van der Waals surface area contributed by atoms with Crippen molar-refractivity contribution in [3.05, 3.63) is 29.4 Å². The number of piperidine rings is 2. The number of likely N-dealkylation sites (tertiary alicyclic amines) is 2. The molecule has 0 spiro atoms. The molecular formula is C21H32N4O. The monoisotopic (exact) mass is 356 g/mol. The van der Waals surface area contributed by atoms with Gasteiger partial charge in [-0.05, 0) is 57.8 Å². The molecule has 1 N–H and O–H groups in total. The molecule has 142 valence electrons. The molecule has 0 bridgehead atoms. The molecule has 0 unspecified atom stereocenters. The van der Waals surface area contributed by atoms with Crippen LogP contribution in [0.25, 0.3) is 0 Å². The minimum Gasteiger partial charge on any atom is -0.348 e. The Hall–Kier alpha value is -1.62. The van der Waals surface area contributed by atoms with Crippen LogP contribution in [-0.2, 0) is 11.3 Å². The van der Waals surface area contributed by atoms with Gasteiger partial charge in [-0.15, -0.1) is 0 Å². The van der Waals surface area contributed by atoms with Crippen LogP contribution in [0.2, 0.25) is 0 Å². The molecule has 0 radical (unpaired) electrons. The van der Waals surface area contributed by atoms with Gasteiger partial charge >= 0.3 is 0 Å². The Morgan fingerprint density at radius 2 is 2.19 bits per heavy atom. The van der Waals surface area contributed by atoms with Crippen LogP contribution < -0.4 is 0 Å². The minimum atomic E-state index is 0.388. The van der Waals surface area contributed by atoms with E-state index in [-0.39, 0.29) is 0 Å². The molecule has 2 atom stereocenters. The standard InChI is InChI=1S/C21H32N4O/c1-16-19(23-15-22-16)14-24-11-10-20-18(13-24)7-8-21(26)25(20)12-9-17-5-3-2-4-6-17/h5,15,18,20H,2-4,6-14H2,1H3,(H,22,23)/t18-,20+/m0/s1. The normalized spacial score (nSPS) is 27.3. The van der Waals surface area contributed by atoms with Gasteiger partial charge in [0.25, 0.3) is 0 Å². The van der Waals surface area contributed by atoms with Crippen LogP contribution in [0, 0.1) is 12.8 Å². The lowest BCUT2D eigenvalue weighted by atomic mass is 9.83. The second-order valence-electron chi connectivity index (χ2n) is 8.31. The SMILES string of the molecule is Cc1[nH]cnc1CN1CC[C@@H]2[C@@H](CCC(=O)N2CCC2=CCCCC2)C1. The Bertz CT molecular complexity index is 665. The molecule has 26 heavy (non-hydrogen) atoms. The van der Waals surface area contributed by atoms with E-state index in [9.17, 15) is 4.79 Å². The fourth-order valence-corrected chi connectivity index (χ4v) is 5.01. The third-order valence-electron chi connectivity index (χ3n) is 6.59. The molecule has 1 amide bonds. The van der Waals surface area contributed by atoms with Crippen LogP contribution in [0.3, 0.4) is 0 Å². The first-order valence-corrected chi connectivity index (χ1v) is 10.4. The molecule has 4 rings (SSSR count). The van der Waals surface area contributed by atoms with E-state index in [1.54, 1.807) is 11.9 Å². The lowest BCUT2D eigenvalue weighted by Crippen LogP contribution is -2.56. The summed E-state index contributed by atoms with van der Waals surface area (Å²) >= 11 is 0. The summed E-state index contributed by atoms with van der Waals surface area (Å²) in [6, 6.07) is 0.456. The second kappa shape index (κ2) is 7.95. The topological polar surface area (TPSA) is 52.2 Å². The van der Waals surface area contributed by atoms with Crippen molar-refractivity contribution in [1.82, 2.24) is 19.8 Å². The van der Waals surface area contributed by atoms with Crippen molar-refractivity contribution in [1.29, 1.82) is 0 Å². The number of carbonyl (C=O) groups excluding carboxylic acids is 1. The van der Waals surface area contributed by atoms with Crippen LogP contribution in [0.1, 0.15) is 62.8 Å². The highest BCUT2D eigenvalue weighted by atomic mass is 16.2. The maximum atomic E-state index is 12.6. The Morgan fingerprint density at radius 1 is 1.27 bits per heavy atom. The second-order valence-corrected chi connectivity index (χ2v) is 8.31. The van der Waals surface area contributed by atoms with Gasteiger partial charge < -0.3 is 9.88 Å². The van der Waals surface area contributed by atoms with Gasteiger partial charge in [-0.1, -0.05) is 11.6 Å². The van der Waals surface area contributed by atoms with Crippen LogP contribution in [-0.4, -0.2) is 51.4 Å². The molecule has 1 aliphatic carbocycles. The van der Waals surface area contributed by atoms with Crippen LogP contribution >= 0.6 is 0 Å². The summed E-state index contributed by atoms with van der Waals surface area (Å²) in [7, 11) is 0. The number of hydrogen-bond acceptors (Lipinski definition) is 3. The fraction of sp³-hybridized carbons (Fsp3) is 0.714. The number of nitrogens with one attached hydrogen (secondary N) is 1. The van der Waals surface area contributed by atoms with Crippen molar-refractivity contribution in [3.8, 4) is 0 Å². The van der Waals surface area contributed by atoms with Gasteiger partial charge in [0.15, 0.2) is 0 Å². The summed E-state index contributed by atoms with van der Waals surface area (Å²) in [5.74, 6) is 1.01. The average Bonchev–Trinajstić information content (AvgIpc) is 3.06. The van der Waals surface area contributed by atoms with E-state index in [1.165, 1.54) is 31.4 Å². The van der Waals surface area contributed by atoms with E-state index < -0.39 is 0 Å². The summed E-state index contributed by atoms with van der Waals surface area (Å²) in [5, 5.41) is 0. The minimum absolute atomic E-state index is 0.388. The third-order valence-corrected chi connectivity index (χ3v) is 6.59. The first-order valence-electron chi connectivity index (χ1n) is 10.4. The number of imidazole rings is 1. The van der Waals surface area contributed by atoms with E-state index in [0.717, 1.165) is 57.6 Å². The quantitative estimate of drug-likeness (QED) is 0.823. The fourth-order valence-electron chi connectivity index (χ4n) is 5.01. The molecule has 5 nitrogen and oxygen atoms in total. The molecule has 3 aliphatic rings. The Balaban J connectivity index is 1.35. The molecule has 2 aliphatic heterocycles. The number of rotatable bonds is 5. The highest BCUT2D eigenvalue weighted by molar-refractivity contribution is 5.77. The highest BCUT2D eigenvalue weighted by Gasteiger charge is 2.39. The lowest BCUT2D eigenvalue weighted by molar-refractivity contribution is -0.141. The maximum Gasteiger partial charge on any atom is 0.222 e. The Morgan fingerprint density at radius 3 is 2.96 bits per heavy atom. The summed E-state index contributed by atoms with van der Waals surface area (Å²) < 4.78 is 0. The van der Waals surface area contributed by atoms with Crippen molar-refractivity contribution >= 4 is 5.91 Å². The predicted molar refractivity (Wildman–Crippen MR) is 103 cm³/mol. The number of H-pyrrole nitrogens is 1. The molecule has 0 saturated carbocycles. The van der Waals surface area contributed by atoms with Gasteiger partial charge in [0.2, 0.25) is 5.91 Å². The number of aryl methyl sites for hydroxylation is 1.